The molecule has 3 nitrogen and oxygen atoms in total. The molecule has 20 heavy (non-hydrogen) atoms. The standard InChI is InChI=1S/C17H29NO2/c1-5-7-8-14(6-2)13-20-17-10-9-16(19-4)11-15(17)12-18-3/h9-11,14,18H,5-8,12-13H2,1-4H3. The molecule has 0 aromatic heterocycles. The van der Waals surface area contributed by atoms with E-state index in [-0.39, 0.29) is 0 Å². The van der Waals surface area contributed by atoms with E-state index in [0.717, 1.165) is 30.2 Å². The van der Waals surface area contributed by atoms with Gasteiger partial charge in [0.25, 0.3) is 0 Å². The second kappa shape index (κ2) is 9.65. The van der Waals surface area contributed by atoms with Gasteiger partial charge in [-0.3, -0.25) is 0 Å². The van der Waals surface area contributed by atoms with Gasteiger partial charge in [-0.1, -0.05) is 33.1 Å². The largest absolute Gasteiger partial charge is 0.497 e. The van der Waals surface area contributed by atoms with E-state index in [1.807, 2.05) is 25.2 Å². The van der Waals surface area contributed by atoms with Gasteiger partial charge in [0.05, 0.1) is 13.7 Å². The summed E-state index contributed by atoms with van der Waals surface area (Å²) in [5.74, 6) is 2.50. The van der Waals surface area contributed by atoms with E-state index in [1.54, 1.807) is 7.11 Å². The maximum atomic E-state index is 6.04. The number of benzene rings is 1. The highest BCUT2D eigenvalue weighted by atomic mass is 16.5. The summed E-state index contributed by atoms with van der Waals surface area (Å²) >= 11 is 0. The van der Waals surface area contributed by atoms with Gasteiger partial charge in [-0.25, -0.2) is 0 Å². The molecule has 3 heteroatoms. The molecule has 0 amide bonds. The van der Waals surface area contributed by atoms with Crippen LogP contribution in [0.3, 0.4) is 0 Å². The molecule has 0 heterocycles. The van der Waals surface area contributed by atoms with Crippen LogP contribution in [0, 0.1) is 5.92 Å². The van der Waals surface area contributed by atoms with Crippen LogP contribution in [0.15, 0.2) is 18.2 Å². The molecule has 1 atom stereocenters. The van der Waals surface area contributed by atoms with E-state index in [2.05, 4.69) is 19.2 Å². The Morgan fingerprint density at radius 2 is 2.05 bits per heavy atom. The number of hydrogen-bond acceptors (Lipinski definition) is 3. The molecule has 0 radical (unpaired) electrons. The molecule has 1 aromatic carbocycles. The normalized spacial score (nSPS) is 12.2. The van der Waals surface area contributed by atoms with E-state index < -0.39 is 0 Å². The van der Waals surface area contributed by atoms with Crippen molar-refractivity contribution in [1.82, 2.24) is 5.32 Å². The lowest BCUT2D eigenvalue weighted by Crippen LogP contribution is -2.13. The van der Waals surface area contributed by atoms with Gasteiger partial charge >= 0.3 is 0 Å². The number of nitrogens with one attached hydrogen (secondary N) is 1. The molecule has 0 aliphatic carbocycles. The van der Waals surface area contributed by atoms with Gasteiger partial charge in [0.1, 0.15) is 11.5 Å². The molecule has 0 fully saturated rings. The molecule has 1 aromatic rings. The van der Waals surface area contributed by atoms with Gasteiger partial charge in [-0.05, 0) is 37.6 Å². The molecule has 0 spiro atoms. The molecule has 0 saturated heterocycles. The number of rotatable bonds is 10. The van der Waals surface area contributed by atoms with Crippen LogP contribution in [0.25, 0.3) is 0 Å². The van der Waals surface area contributed by atoms with Gasteiger partial charge in [-0.2, -0.15) is 0 Å². The molecule has 1 rings (SSSR count). The monoisotopic (exact) mass is 279 g/mol. The number of unbranched alkanes of at least 4 members (excludes halogenated alkanes) is 1. The van der Waals surface area contributed by atoms with Crippen LogP contribution < -0.4 is 14.8 Å². The van der Waals surface area contributed by atoms with Crippen LogP contribution >= 0.6 is 0 Å². The first kappa shape index (κ1) is 16.8. The molecule has 114 valence electrons. The van der Waals surface area contributed by atoms with Crippen molar-refractivity contribution < 1.29 is 9.47 Å². The number of ether oxygens (including phenoxy) is 2. The molecule has 0 aliphatic rings. The average molecular weight is 279 g/mol. The van der Waals surface area contributed by atoms with Crippen molar-refractivity contribution >= 4 is 0 Å². The Labute approximate surface area is 123 Å². The molecule has 1 unspecified atom stereocenters. The lowest BCUT2D eigenvalue weighted by atomic mass is 10.0. The molecule has 0 saturated carbocycles. The lowest BCUT2D eigenvalue weighted by molar-refractivity contribution is 0.231. The predicted molar refractivity (Wildman–Crippen MR) is 84.6 cm³/mol. The third-order valence-electron chi connectivity index (χ3n) is 3.65. The third-order valence-corrected chi connectivity index (χ3v) is 3.65. The summed E-state index contributed by atoms with van der Waals surface area (Å²) in [5, 5.41) is 3.18. The van der Waals surface area contributed by atoms with Crippen molar-refractivity contribution in [3.63, 3.8) is 0 Å². The smallest absolute Gasteiger partial charge is 0.124 e. The van der Waals surface area contributed by atoms with Crippen molar-refractivity contribution in [3.8, 4) is 11.5 Å². The van der Waals surface area contributed by atoms with E-state index >= 15 is 0 Å². The second-order valence-corrected chi connectivity index (χ2v) is 5.23. The van der Waals surface area contributed by atoms with Gasteiger partial charge in [0.15, 0.2) is 0 Å². The summed E-state index contributed by atoms with van der Waals surface area (Å²) in [6.45, 7) is 6.08. The van der Waals surface area contributed by atoms with Crippen LogP contribution in [0.2, 0.25) is 0 Å². The van der Waals surface area contributed by atoms with E-state index in [4.69, 9.17) is 9.47 Å². The number of hydrogen-bond donors (Lipinski definition) is 1. The summed E-state index contributed by atoms with van der Waals surface area (Å²) in [6.07, 6.45) is 4.97. The fourth-order valence-electron chi connectivity index (χ4n) is 2.26. The van der Waals surface area contributed by atoms with Crippen molar-refractivity contribution in [2.75, 3.05) is 20.8 Å². The van der Waals surface area contributed by atoms with Crippen LogP contribution in [-0.4, -0.2) is 20.8 Å². The first-order valence-electron chi connectivity index (χ1n) is 7.69. The fourth-order valence-corrected chi connectivity index (χ4v) is 2.26. The molecular formula is C17H29NO2. The summed E-state index contributed by atoms with van der Waals surface area (Å²) in [7, 11) is 3.64. The minimum absolute atomic E-state index is 0.652. The van der Waals surface area contributed by atoms with Crippen LogP contribution in [-0.2, 0) is 6.54 Å². The highest BCUT2D eigenvalue weighted by Gasteiger charge is 2.10. The summed E-state index contributed by atoms with van der Waals surface area (Å²) in [6, 6.07) is 6.01. The SMILES string of the molecule is CCCCC(CC)COc1ccc(OC)cc1CNC. The number of methoxy groups -OCH3 is 1. The highest BCUT2D eigenvalue weighted by Crippen LogP contribution is 2.25. The minimum Gasteiger partial charge on any atom is -0.497 e. The van der Waals surface area contributed by atoms with Crippen molar-refractivity contribution in [3.05, 3.63) is 23.8 Å². The molecule has 0 aliphatic heterocycles. The van der Waals surface area contributed by atoms with Crippen molar-refractivity contribution in [2.24, 2.45) is 5.92 Å². The summed E-state index contributed by atoms with van der Waals surface area (Å²) < 4.78 is 11.3. The Bertz CT molecular complexity index is 379. The van der Waals surface area contributed by atoms with Crippen molar-refractivity contribution in [1.29, 1.82) is 0 Å². The maximum absolute atomic E-state index is 6.04. The van der Waals surface area contributed by atoms with Gasteiger partial charge in [0.2, 0.25) is 0 Å². The molecule has 1 N–H and O–H groups in total. The first-order valence-corrected chi connectivity index (χ1v) is 7.69. The Hall–Kier alpha value is -1.22. The van der Waals surface area contributed by atoms with Gasteiger partial charge in [-0.15, -0.1) is 0 Å². The average Bonchev–Trinajstić information content (AvgIpc) is 2.48. The Morgan fingerprint density at radius 1 is 1.25 bits per heavy atom. The van der Waals surface area contributed by atoms with E-state index in [0.29, 0.717) is 5.92 Å². The van der Waals surface area contributed by atoms with Crippen LogP contribution in [0.5, 0.6) is 11.5 Å². The topological polar surface area (TPSA) is 30.5 Å². The zero-order chi connectivity index (χ0) is 14.8. The van der Waals surface area contributed by atoms with E-state index in [1.165, 1.54) is 25.7 Å². The zero-order valence-corrected chi connectivity index (χ0v) is 13.4. The molecule has 0 bridgehead atoms. The zero-order valence-electron chi connectivity index (χ0n) is 13.4. The van der Waals surface area contributed by atoms with Crippen LogP contribution in [0.4, 0.5) is 0 Å². The van der Waals surface area contributed by atoms with Gasteiger partial charge in [0, 0.05) is 12.1 Å². The fraction of sp³-hybridized carbons (Fsp3) is 0.647. The van der Waals surface area contributed by atoms with Gasteiger partial charge < -0.3 is 14.8 Å². The minimum atomic E-state index is 0.652. The van der Waals surface area contributed by atoms with Crippen LogP contribution in [0.1, 0.15) is 45.1 Å². The Morgan fingerprint density at radius 3 is 2.65 bits per heavy atom. The lowest BCUT2D eigenvalue weighted by Gasteiger charge is -2.18. The maximum Gasteiger partial charge on any atom is 0.124 e. The predicted octanol–water partition coefficient (Wildman–Crippen LogP) is 4.01. The Kier molecular flexibility index (Phi) is 8.12. The quantitative estimate of drug-likeness (QED) is 0.702. The Balaban J connectivity index is 2.65. The summed E-state index contributed by atoms with van der Waals surface area (Å²) in [5.41, 5.74) is 1.15. The summed E-state index contributed by atoms with van der Waals surface area (Å²) in [4.78, 5) is 0. The second-order valence-electron chi connectivity index (χ2n) is 5.23. The highest BCUT2D eigenvalue weighted by molar-refractivity contribution is 5.40. The van der Waals surface area contributed by atoms with Crippen molar-refractivity contribution in [2.45, 2.75) is 46.1 Å². The third kappa shape index (κ3) is 5.41. The van der Waals surface area contributed by atoms with E-state index in [9.17, 15) is 0 Å². The first-order chi connectivity index (χ1) is 9.74. The molecular weight excluding hydrogens is 250 g/mol.